The van der Waals surface area contributed by atoms with Crippen molar-refractivity contribution in [3.63, 3.8) is 0 Å². The molecule has 4 heteroatoms. The van der Waals surface area contributed by atoms with E-state index in [1.807, 2.05) is 58.3 Å². The van der Waals surface area contributed by atoms with Gasteiger partial charge in [0.25, 0.3) is 0 Å². The van der Waals surface area contributed by atoms with E-state index >= 15 is 0 Å². The first kappa shape index (κ1) is 19.9. The minimum Gasteiger partial charge on any atom is -0.462 e. The average molecular weight is 316 g/mol. The second-order valence-electron chi connectivity index (χ2n) is 4.15. The van der Waals surface area contributed by atoms with Gasteiger partial charge in [-0.3, -0.25) is 4.79 Å². The first-order chi connectivity index (χ1) is 9.15. The van der Waals surface area contributed by atoms with Crippen molar-refractivity contribution >= 4 is 5.97 Å². The zero-order valence-electron chi connectivity index (χ0n) is 12.0. The van der Waals surface area contributed by atoms with Crippen molar-refractivity contribution in [2.75, 3.05) is 13.7 Å². The summed E-state index contributed by atoms with van der Waals surface area (Å²) in [6.07, 6.45) is 15.7. The monoisotopic (exact) mass is 316 g/mol. The van der Waals surface area contributed by atoms with E-state index in [4.69, 9.17) is 9.47 Å². The zero-order chi connectivity index (χ0) is 14.1. The summed E-state index contributed by atoms with van der Waals surface area (Å²) in [5, 5.41) is 0. The minimum absolute atomic E-state index is 0. The van der Waals surface area contributed by atoms with Gasteiger partial charge in [0.2, 0.25) is 0 Å². The summed E-state index contributed by atoms with van der Waals surface area (Å²) in [7, 11) is 1.65. The number of esters is 1. The van der Waals surface area contributed by atoms with Crippen LogP contribution in [-0.4, -0.2) is 25.8 Å². The molecule has 0 bridgehead atoms. The largest absolute Gasteiger partial charge is 2.00 e. The molecule has 2 saturated carbocycles. The van der Waals surface area contributed by atoms with E-state index in [9.17, 15) is 4.79 Å². The number of rotatable bonds is 4. The molecule has 3 nitrogen and oxygen atoms in total. The average Bonchev–Trinajstić information content (AvgIpc) is 3.02. The standard InChI is InChI=1S/C11H15O3.C5H5.Fe/c1-8(14-9(2)12)11-6-4-5-10(11)7-13-3;1-2-4-5-3-1;/h4-6,8H,7H2,1-3H3;1-5H;/q;;+2/t8-;;/m0../s1. The zero-order valence-corrected chi connectivity index (χ0v) is 13.1. The summed E-state index contributed by atoms with van der Waals surface area (Å²) in [5.74, 6) is 1.82. The molecule has 0 aromatic carbocycles. The van der Waals surface area contributed by atoms with Crippen LogP contribution in [0.1, 0.15) is 13.8 Å². The van der Waals surface area contributed by atoms with Crippen molar-refractivity contribution in [2.45, 2.75) is 20.0 Å². The van der Waals surface area contributed by atoms with Crippen molar-refractivity contribution in [3.05, 3.63) is 63.2 Å². The number of carbonyl (C=O) groups is 1. The summed E-state index contributed by atoms with van der Waals surface area (Å²) in [6, 6.07) is 0. The third-order valence-electron chi connectivity index (χ3n) is 2.58. The molecule has 0 aromatic rings. The molecular weight excluding hydrogens is 296 g/mol. The van der Waals surface area contributed by atoms with E-state index in [1.54, 1.807) is 7.11 Å². The van der Waals surface area contributed by atoms with Gasteiger partial charge in [-0.1, -0.05) is 0 Å². The summed E-state index contributed by atoms with van der Waals surface area (Å²) in [6.45, 7) is 3.82. The number of methoxy groups -OCH3 is 1. The maximum atomic E-state index is 10.8. The number of carbonyl (C=O) groups excluding carboxylic acids is 1. The van der Waals surface area contributed by atoms with Crippen molar-refractivity contribution in [1.29, 1.82) is 0 Å². The Kier molecular flexibility index (Phi) is 11.6. The molecule has 0 saturated heterocycles. The van der Waals surface area contributed by atoms with Gasteiger partial charge in [-0.15, -0.1) is 0 Å². The molecule has 2 aliphatic carbocycles. The van der Waals surface area contributed by atoms with E-state index in [0.717, 1.165) is 11.8 Å². The molecule has 0 aromatic heterocycles. The topological polar surface area (TPSA) is 35.5 Å². The van der Waals surface area contributed by atoms with E-state index < -0.39 is 0 Å². The van der Waals surface area contributed by atoms with Crippen molar-refractivity contribution in [2.24, 2.45) is 0 Å². The smallest absolute Gasteiger partial charge is 0.462 e. The molecule has 0 heterocycles. The molecule has 10 radical (unpaired) electrons. The molecule has 1 atom stereocenters. The summed E-state index contributed by atoms with van der Waals surface area (Å²) < 4.78 is 10.1. The van der Waals surface area contributed by atoms with E-state index in [2.05, 4.69) is 0 Å². The fourth-order valence-corrected chi connectivity index (χ4v) is 1.79. The summed E-state index contributed by atoms with van der Waals surface area (Å²) >= 11 is 0. The molecular formula is C16H20FeO3+2. The predicted octanol–water partition coefficient (Wildman–Crippen LogP) is 2.38. The van der Waals surface area contributed by atoms with E-state index in [-0.39, 0.29) is 29.1 Å². The van der Waals surface area contributed by atoms with Crippen LogP contribution in [0.15, 0.2) is 0 Å². The maximum absolute atomic E-state index is 10.8. The van der Waals surface area contributed by atoms with Gasteiger partial charge < -0.3 is 9.47 Å². The normalized spacial score (nSPS) is 20.8. The molecule has 2 aliphatic rings. The van der Waals surface area contributed by atoms with Gasteiger partial charge in [0.05, 0.1) is 6.61 Å². The maximum Gasteiger partial charge on any atom is 2.00 e. The summed E-state index contributed by atoms with van der Waals surface area (Å²) in [4.78, 5) is 10.8. The predicted molar refractivity (Wildman–Crippen MR) is 74.0 cm³/mol. The molecule has 0 spiro atoms. The van der Waals surface area contributed by atoms with Crippen molar-refractivity contribution in [1.82, 2.24) is 0 Å². The second-order valence-corrected chi connectivity index (χ2v) is 4.15. The Hall–Kier alpha value is -0.0505. The SMILES string of the molecule is COC[C]1[CH][CH][CH][C]1[C@H](C)OC(C)=O.[CH]1[CH][CH][CH][CH]1.[Fe+2]. The Morgan fingerprint density at radius 2 is 1.65 bits per heavy atom. The van der Waals surface area contributed by atoms with Crippen LogP contribution in [0.5, 0.6) is 0 Å². The molecule has 2 rings (SSSR count). The molecule has 0 unspecified atom stereocenters. The molecule has 0 amide bonds. The first-order valence-corrected chi connectivity index (χ1v) is 6.22. The van der Waals surface area contributed by atoms with Gasteiger partial charge in [0, 0.05) is 25.9 Å². The minimum atomic E-state index is -0.262. The van der Waals surface area contributed by atoms with Crippen LogP contribution in [0, 0.1) is 63.2 Å². The van der Waals surface area contributed by atoms with Gasteiger partial charge >= 0.3 is 23.0 Å². The Morgan fingerprint density at radius 3 is 2.10 bits per heavy atom. The van der Waals surface area contributed by atoms with Gasteiger partial charge in [0.1, 0.15) is 6.10 Å². The Balaban J connectivity index is 0.000000507. The third-order valence-corrected chi connectivity index (χ3v) is 2.58. The molecule has 20 heavy (non-hydrogen) atoms. The molecule has 2 fully saturated rings. The van der Waals surface area contributed by atoms with Gasteiger partial charge in [-0.05, 0) is 58.3 Å². The van der Waals surface area contributed by atoms with Crippen LogP contribution < -0.4 is 0 Å². The molecule has 0 N–H and O–H groups in total. The van der Waals surface area contributed by atoms with Gasteiger partial charge in [-0.25, -0.2) is 0 Å². The number of hydrogen-bond acceptors (Lipinski definition) is 3. The van der Waals surface area contributed by atoms with Crippen LogP contribution in [0.25, 0.3) is 0 Å². The number of hydrogen-bond donors (Lipinski definition) is 0. The fourth-order valence-electron chi connectivity index (χ4n) is 1.79. The molecule has 108 valence electrons. The Labute approximate surface area is 134 Å². The quantitative estimate of drug-likeness (QED) is 0.590. The molecule has 0 aliphatic heterocycles. The Bertz CT molecular complexity index is 246. The third kappa shape index (κ3) is 7.66. The van der Waals surface area contributed by atoms with Gasteiger partial charge in [0.15, 0.2) is 0 Å². The fraction of sp³-hybridized carbons (Fsp3) is 0.312. The van der Waals surface area contributed by atoms with Crippen LogP contribution in [-0.2, 0) is 31.3 Å². The van der Waals surface area contributed by atoms with Crippen molar-refractivity contribution in [3.8, 4) is 0 Å². The summed E-state index contributed by atoms with van der Waals surface area (Å²) in [5.41, 5.74) is 0. The van der Waals surface area contributed by atoms with E-state index in [0.29, 0.717) is 6.61 Å². The van der Waals surface area contributed by atoms with Crippen LogP contribution in [0.3, 0.4) is 0 Å². The van der Waals surface area contributed by atoms with E-state index in [1.165, 1.54) is 6.92 Å². The van der Waals surface area contributed by atoms with Crippen molar-refractivity contribution < 1.29 is 31.3 Å². The Morgan fingerprint density at radius 1 is 1.10 bits per heavy atom. The van der Waals surface area contributed by atoms with Gasteiger partial charge in [-0.2, -0.15) is 0 Å². The second kappa shape index (κ2) is 11.6. The number of ether oxygens (including phenoxy) is 2. The van der Waals surface area contributed by atoms with Crippen LogP contribution in [0.4, 0.5) is 0 Å². The first-order valence-electron chi connectivity index (χ1n) is 6.22. The van der Waals surface area contributed by atoms with Crippen LogP contribution >= 0.6 is 0 Å². The van der Waals surface area contributed by atoms with Crippen LogP contribution in [0.2, 0.25) is 0 Å².